The van der Waals surface area contributed by atoms with E-state index in [0.717, 1.165) is 19.3 Å². The number of benzene rings is 1. The van der Waals surface area contributed by atoms with E-state index in [1.165, 1.54) is 22.5 Å². The van der Waals surface area contributed by atoms with Gasteiger partial charge in [0.2, 0.25) is 10.0 Å². The molecule has 1 aromatic carbocycles. The fourth-order valence-electron chi connectivity index (χ4n) is 2.52. The van der Waals surface area contributed by atoms with E-state index in [1.54, 1.807) is 0 Å². The van der Waals surface area contributed by atoms with Gasteiger partial charge in [0.1, 0.15) is 10.7 Å². The first-order valence-electron chi connectivity index (χ1n) is 6.78. The van der Waals surface area contributed by atoms with Crippen LogP contribution in [0.3, 0.4) is 0 Å². The molecule has 0 amide bonds. The monoisotopic (exact) mass is 300 g/mol. The maximum atomic E-state index is 13.5. The van der Waals surface area contributed by atoms with E-state index in [2.05, 4.69) is 13.8 Å². The molecule has 4 nitrogen and oxygen atoms in total. The molecule has 0 aliphatic carbocycles. The van der Waals surface area contributed by atoms with Crippen molar-refractivity contribution in [3.8, 4) is 0 Å². The molecule has 6 heteroatoms. The number of sulfonamides is 1. The lowest BCUT2D eigenvalue weighted by Gasteiger charge is -2.23. The number of hydrogen-bond acceptors (Lipinski definition) is 3. The van der Waals surface area contributed by atoms with Crippen LogP contribution in [0.25, 0.3) is 0 Å². The number of nitrogen functional groups attached to an aromatic ring is 1. The van der Waals surface area contributed by atoms with Crippen LogP contribution in [0.4, 0.5) is 10.1 Å². The van der Waals surface area contributed by atoms with Crippen molar-refractivity contribution < 1.29 is 12.8 Å². The highest BCUT2D eigenvalue weighted by Gasteiger charge is 2.31. The van der Waals surface area contributed by atoms with Gasteiger partial charge in [-0.2, -0.15) is 4.31 Å². The molecule has 1 heterocycles. The molecule has 0 saturated carbocycles. The first kappa shape index (κ1) is 15.3. The largest absolute Gasteiger partial charge is 0.395 e. The molecule has 1 aromatic rings. The minimum absolute atomic E-state index is 0.128. The van der Waals surface area contributed by atoms with Crippen molar-refractivity contribution in [2.75, 3.05) is 18.8 Å². The third-order valence-corrected chi connectivity index (χ3v) is 5.89. The lowest BCUT2D eigenvalue weighted by molar-refractivity contribution is 0.315. The maximum Gasteiger partial charge on any atom is 0.245 e. The van der Waals surface area contributed by atoms with Gasteiger partial charge in [-0.05, 0) is 36.8 Å². The van der Waals surface area contributed by atoms with E-state index < -0.39 is 15.8 Å². The van der Waals surface area contributed by atoms with Crippen molar-refractivity contribution in [3.63, 3.8) is 0 Å². The first-order valence-corrected chi connectivity index (χ1v) is 8.22. The second kappa shape index (κ2) is 5.33. The van der Waals surface area contributed by atoms with Gasteiger partial charge in [0, 0.05) is 13.1 Å². The van der Waals surface area contributed by atoms with Gasteiger partial charge in [-0.25, -0.2) is 12.8 Å². The second-order valence-electron chi connectivity index (χ2n) is 6.07. The standard InChI is InChI=1S/C14H21FN2O2S/c1-14(2)7-4-9-17(10-8-14)20(18,19)12-6-3-5-11(15)13(12)16/h3,5-6H,4,7-10,16H2,1-2H3. The fourth-order valence-corrected chi connectivity index (χ4v) is 4.12. The number of nitrogens with zero attached hydrogens (tertiary/aromatic N) is 1. The molecule has 2 N–H and O–H groups in total. The molecule has 112 valence electrons. The van der Waals surface area contributed by atoms with E-state index in [4.69, 9.17) is 5.73 Å². The van der Waals surface area contributed by atoms with E-state index >= 15 is 0 Å². The van der Waals surface area contributed by atoms with Crippen molar-refractivity contribution in [3.05, 3.63) is 24.0 Å². The molecule has 1 aliphatic rings. The van der Waals surface area contributed by atoms with Gasteiger partial charge in [-0.15, -0.1) is 0 Å². The summed E-state index contributed by atoms with van der Waals surface area (Å²) >= 11 is 0. The zero-order chi connectivity index (χ0) is 15.0. The third-order valence-electron chi connectivity index (χ3n) is 3.93. The Kier molecular flexibility index (Phi) is 4.07. The second-order valence-corrected chi connectivity index (χ2v) is 7.98. The Morgan fingerprint density at radius 1 is 1.25 bits per heavy atom. The molecular formula is C14H21FN2O2S. The Bertz CT molecular complexity index is 599. The van der Waals surface area contributed by atoms with E-state index in [0.29, 0.717) is 13.1 Å². The molecule has 0 radical (unpaired) electrons. The average molecular weight is 300 g/mol. The lowest BCUT2D eigenvalue weighted by atomic mass is 9.85. The molecule has 0 bridgehead atoms. The smallest absolute Gasteiger partial charge is 0.245 e. The summed E-state index contributed by atoms with van der Waals surface area (Å²) < 4.78 is 40.1. The summed E-state index contributed by atoms with van der Waals surface area (Å²) in [5.41, 5.74) is 5.43. The highest BCUT2D eigenvalue weighted by molar-refractivity contribution is 7.89. The Labute approximate surface area is 119 Å². The molecule has 20 heavy (non-hydrogen) atoms. The van der Waals surface area contributed by atoms with Gasteiger partial charge in [-0.1, -0.05) is 19.9 Å². The summed E-state index contributed by atoms with van der Waals surface area (Å²) in [5.74, 6) is -0.693. The van der Waals surface area contributed by atoms with Crippen LogP contribution in [0.1, 0.15) is 33.1 Å². The van der Waals surface area contributed by atoms with E-state index in [1.807, 2.05) is 0 Å². The van der Waals surface area contributed by atoms with Crippen LogP contribution in [0.15, 0.2) is 23.1 Å². The predicted molar refractivity (Wildman–Crippen MR) is 77.2 cm³/mol. The van der Waals surface area contributed by atoms with Gasteiger partial charge < -0.3 is 5.73 Å². The zero-order valence-electron chi connectivity index (χ0n) is 11.9. The number of para-hydroxylation sites is 1. The zero-order valence-corrected chi connectivity index (χ0v) is 12.7. The normalized spacial score (nSPS) is 20.6. The maximum absolute atomic E-state index is 13.5. The van der Waals surface area contributed by atoms with Crippen LogP contribution in [-0.2, 0) is 10.0 Å². The van der Waals surface area contributed by atoms with Gasteiger partial charge in [0.25, 0.3) is 0 Å². The molecule has 0 spiro atoms. The van der Waals surface area contributed by atoms with Crippen molar-refractivity contribution in [2.24, 2.45) is 5.41 Å². The van der Waals surface area contributed by atoms with Crippen LogP contribution in [0, 0.1) is 11.2 Å². The molecule has 1 fully saturated rings. The fraction of sp³-hybridized carbons (Fsp3) is 0.571. The predicted octanol–water partition coefficient (Wildman–Crippen LogP) is 2.61. The quantitative estimate of drug-likeness (QED) is 0.854. The molecule has 0 atom stereocenters. The van der Waals surface area contributed by atoms with Crippen molar-refractivity contribution in [1.29, 1.82) is 0 Å². The molecular weight excluding hydrogens is 279 g/mol. The highest BCUT2D eigenvalue weighted by atomic mass is 32.2. The third kappa shape index (κ3) is 2.96. The summed E-state index contributed by atoms with van der Waals surface area (Å²) in [7, 11) is -3.72. The molecule has 0 unspecified atom stereocenters. The number of halogens is 1. The SMILES string of the molecule is CC1(C)CCCN(S(=O)(=O)c2cccc(F)c2N)CC1. The Morgan fingerprint density at radius 3 is 2.65 bits per heavy atom. The Hall–Kier alpha value is -1.14. The minimum atomic E-state index is -3.72. The number of nitrogens with two attached hydrogens (primary N) is 1. The molecule has 1 saturated heterocycles. The molecule has 0 aromatic heterocycles. The van der Waals surface area contributed by atoms with Gasteiger partial charge >= 0.3 is 0 Å². The van der Waals surface area contributed by atoms with Crippen LogP contribution in [0.2, 0.25) is 0 Å². The van der Waals surface area contributed by atoms with Crippen molar-refractivity contribution in [2.45, 2.75) is 38.0 Å². The van der Waals surface area contributed by atoms with Gasteiger partial charge in [0.05, 0.1) is 5.69 Å². The summed E-state index contributed by atoms with van der Waals surface area (Å²) in [6, 6.07) is 3.91. The van der Waals surface area contributed by atoms with Crippen molar-refractivity contribution in [1.82, 2.24) is 4.31 Å². The van der Waals surface area contributed by atoms with Crippen LogP contribution in [0.5, 0.6) is 0 Å². The van der Waals surface area contributed by atoms with E-state index in [-0.39, 0.29) is 16.0 Å². The number of anilines is 1. The Morgan fingerprint density at radius 2 is 1.95 bits per heavy atom. The topological polar surface area (TPSA) is 63.4 Å². The van der Waals surface area contributed by atoms with Crippen LogP contribution >= 0.6 is 0 Å². The lowest BCUT2D eigenvalue weighted by Crippen LogP contribution is -2.33. The average Bonchev–Trinajstić information content (AvgIpc) is 2.54. The summed E-state index contributed by atoms with van der Waals surface area (Å²) in [5, 5.41) is 0. The van der Waals surface area contributed by atoms with E-state index in [9.17, 15) is 12.8 Å². The van der Waals surface area contributed by atoms with Crippen LogP contribution in [-0.4, -0.2) is 25.8 Å². The van der Waals surface area contributed by atoms with Gasteiger partial charge in [0.15, 0.2) is 0 Å². The summed E-state index contributed by atoms with van der Waals surface area (Å²) in [6.07, 6.45) is 2.58. The number of hydrogen-bond donors (Lipinski definition) is 1. The number of rotatable bonds is 2. The molecule has 1 aliphatic heterocycles. The molecule has 2 rings (SSSR count). The summed E-state index contributed by atoms with van der Waals surface area (Å²) in [6.45, 7) is 5.19. The summed E-state index contributed by atoms with van der Waals surface area (Å²) in [4.78, 5) is -0.128. The van der Waals surface area contributed by atoms with Gasteiger partial charge in [-0.3, -0.25) is 0 Å². The van der Waals surface area contributed by atoms with Crippen LogP contribution < -0.4 is 5.73 Å². The minimum Gasteiger partial charge on any atom is -0.395 e. The Balaban J connectivity index is 2.33. The first-order chi connectivity index (χ1) is 9.24. The highest BCUT2D eigenvalue weighted by Crippen LogP contribution is 2.33. The van der Waals surface area contributed by atoms with Crippen molar-refractivity contribution >= 4 is 15.7 Å².